The number of nitriles is 1. The maximum atomic E-state index is 8.84. The van der Waals surface area contributed by atoms with E-state index in [0.717, 1.165) is 4.47 Å². The van der Waals surface area contributed by atoms with Gasteiger partial charge in [0.15, 0.2) is 17.2 Å². The lowest BCUT2D eigenvalue weighted by atomic mass is 10.2. The number of benzene rings is 2. The summed E-state index contributed by atoms with van der Waals surface area (Å²) in [6, 6.07) is 12.4. The molecule has 0 amide bonds. The molecule has 19 heavy (non-hydrogen) atoms. The van der Waals surface area contributed by atoms with Gasteiger partial charge in [-0.15, -0.1) is 0 Å². The van der Waals surface area contributed by atoms with Crippen molar-refractivity contribution in [3.8, 4) is 23.3 Å². The number of ether oxygens (including phenoxy) is 2. The van der Waals surface area contributed by atoms with Gasteiger partial charge < -0.3 is 15.2 Å². The number of rotatable bonds is 3. The van der Waals surface area contributed by atoms with Crippen LogP contribution >= 0.6 is 15.9 Å². The second-order valence-corrected chi connectivity index (χ2v) is 4.68. The molecule has 0 atom stereocenters. The van der Waals surface area contributed by atoms with Gasteiger partial charge in [-0.05, 0) is 30.3 Å². The first-order valence-electron chi connectivity index (χ1n) is 5.45. The standard InChI is InChI=1S/C14H11BrN2O2/c1-18-14-6-9(8-16)2-4-13(14)19-12-5-3-10(15)7-11(12)17/h2-7H,17H2,1H3. The molecule has 0 aromatic heterocycles. The lowest BCUT2D eigenvalue weighted by Crippen LogP contribution is -1.94. The Morgan fingerprint density at radius 2 is 1.84 bits per heavy atom. The zero-order valence-corrected chi connectivity index (χ0v) is 11.8. The topological polar surface area (TPSA) is 68.3 Å². The van der Waals surface area contributed by atoms with Crippen molar-refractivity contribution < 1.29 is 9.47 Å². The predicted molar refractivity (Wildman–Crippen MR) is 76.3 cm³/mol. The highest BCUT2D eigenvalue weighted by atomic mass is 79.9. The van der Waals surface area contributed by atoms with Crippen LogP contribution in [0.25, 0.3) is 0 Å². The van der Waals surface area contributed by atoms with Gasteiger partial charge in [0.1, 0.15) is 0 Å². The average molecular weight is 319 g/mol. The summed E-state index contributed by atoms with van der Waals surface area (Å²) in [5.41, 5.74) is 6.89. The minimum Gasteiger partial charge on any atom is -0.493 e. The average Bonchev–Trinajstić information content (AvgIpc) is 2.42. The SMILES string of the molecule is COc1cc(C#N)ccc1Oc1ccc(Br)cc1N. The summed E-state index contributed by atoms with van der Waals surface area (Å²) in [5, 5.41) is 8.84. The molecule has 0 fully saturated rings. The molecule has 0 aliphatic carbocycles. The molecule has 5 heteroatoms. The number of halogens is 1. The number of hydrogen-bond acceptors (Lipinski definition) is 4. The number of methoxy groups -OCH3 is 1. The summed E-state index contributed by atoms with van der Waals surface area (Å²) >= 11 is 3.33. The van der Waals surface area contributed by atoms with Crippen LogP contribution in [0.1, 0.15) is 5.56 Å². The lowest BCUT2D eigenvalue weighted by Gasteiger charge is -2.12. The zero-order valence-electron chi connectivity index (χ0n) is 10.2. The Balaban J connectivity index is 2.35. The summed E-state index contributed by atoms with van der Waals surface area (Å²) in [6.07, 6.45) is 0. The summed E-state index contributed by atoms with van der Waals surface area (Å²) < 4.78 is 11.8. The number of anilines is 1. The Labute approximate surface area is 119 Å². The van der Waals surface area contributed by atoms with Gasteiger partial charge in [0.2, 0.25) is 0 Å². The van der Waals surface area contributed by atoms with Crippen molar-refractivity contribution in [3.63, 3.8) is 0 Å². The van der Waals surface area contributed by atoms with E-state index in [0.29, 0.717) is 28.5 Å². The van der Waals surface area contributed by atoms with Gasteiger partial charge in [-0.1, -0.05) is 15.9 Å². The van der Waals surface area contributed by atoms with Crippen LogP contribution in [0.2, 0.25) is 0 Å². The van der Waals surface area contributed by atoms with Crippen LogP contribution in [0.4, 0.5) is 5.69 Å². The number of nitrogen functional groups attached to an aromatic ring is 1. The second kappa shape index (κ2) is 5.63. The van der Waals surface area contributed by atoms with Gasteiger partial charge >= 0.3 is 0 Å². The van der Waals surface area contributed by atoms with Crippen molar-refractivity contribution in [1.82, 2.24) is 0 Å². The van der Waals surface area contributed by atoms with Crippen LogP contribution in [0, 0.1) is 11.3 Å². The molecule has 0 saturated heterocycles. The van der Waals surface area contributed by atoms with E-state index in [1.54, 1.807) is 30.3 Å². The first-order valence-corrected chi connectivity index (χ1v) is 6.24. The van der Waals surface area contributed by atoms with E-state index in [4.69, 9.17) is 20.5 Å². The van der Waals surface area contributed by atoms with Gasteiger partial charge in [-0.3, -0.25) is 0 Å². The molecule has 0 aliphatic rings. The van der Waals surface area contributed by atoms with Crippen molar-refractivity contribution in [2.75, 3.05) is 12.8 Å². The largest absolute Gasteiger partial charge is 0.493 e. The van der Waals surface area contributed by atoms with Crippen LogP contribution in [-0.4, -0.2) is 7.11 Å². The number of nitrogens with zero attached hydrogens (tertiary/aromatic N) is 1. The Bertz CT molecular complexity index is 650. The van der Waals surface area contributed by atoms with Crippen LogP contribution < -0.4 is 15.2 Å². The molecule has 2 aromatic rings. The summed E-state index contributed by atoms with van der Waals surface area (Å²) in [6.45, 7) is 0. The molecular weight excluding hydrogens is 308 g/mol. The highest BCUT2D eigenvalue weighted by molar-refractivity contribution is 9.10. The van der Waals surface area contributed by atoms with Crippen molar-refractivity contribution >= 4 is 21.6 Å². The van der Waals surface area contributed by atoms with E-state index < -0.39 is 0 Å². The van der Waals surface area contributed by atoms with Gasteiger partial charge in [-0.2, -0.15) is 5.26 Å². The Morgan fingerprint density at radius 1 is 1.11 bits per heavy atom. The van der Waals surface area contributed by atoms with Crippen LogP contribution in [0.3, 0.4) is 0 Å². The lowest BCUT2D eigenvalue weighted by molar-refractivity contribution is 0.379. The summed E-state index contributed by atoms with van der Waals surface area (Å²) in [5.74, 6) is 1.53. The van der Waals surface area contributed by atoms with Crippen LogP contribution in [-0.2, 0) is 0 Å². The third-order valence-corrected chi connectivity index (χ3v) is 2.98. The fourth-order valence-electron chi connectivity index (χ4n) is 1.55. The first kappa shape index (κ1) is 13.2. The van der Waals surface area contributed by atoms with Crippen LogP contribution in [0.5, 0.6) is 17.2 Å². The minimum atomic E-state index is 0.487. The molecule has 0 radical (unpaired) electrons. The molecule has 2 rings (SSSR count). The molecule has 0 bridgehead atoms. The van der Waals surface area contributed by atoms with Gasteiger partial charge in [-0.25, -0.2) is 0 Å². The fourth-order valence-corrected chi connectivity index (χ4v) is 1.93. The first-order chi connectivity index (χ1) is 9.13. The molecule has 96 valence electrons. The molecule has 0 saturated carbocycles. The molecule has 0 spiro atoms. The van der Waals surface area contributed by atoms with Gasteiger partial charge in [0.05, 0.1) is 24.4 Å². The Hall–Kier alpha value is -2.19. The minimum absolute atomic E-state index is 0.487. The maximum absolute atomic E-state index is 8.84. The Morgan fingerprint density at radius 3 is 2.47 bits per heavy atom. The molecule has 2 aromatic carbocycles. The van der Waals surface area contributed by atoms with E-state index in [-0.39, 0.29) is 0 Å². The second-order valence-electron chi connectivity index (χ2n) is 3.76. The molecule has 0 unspecified atom stereocenters. The van der Waals surface area contributed by atoms with Crippen molar-refractivity contribution in [2.24, 2.45) is 0 Å². The van der Waals surface area contributed by atoms with E-state index in [2.05, 4.69) is 15.9 Å². The number of nitrogens with two attached hydrogens (primary N) is 1. The van der Waals surface area contributed by atoms with E-state index >= 15 is 0 Å². The maximum Gasteiger partial charge on any atom is 0.169 e. The molecule has 2 N–H and O–H groups in total. The van der Waals surface area contributed by atoms with Crippen LogP contribution in [0.15, 0.2) is 40.9 Å². The fraction of sp³-hybridized carbons (Fsp3) is 0.0714. The van der Waals surface area contributed by atoms with Crippen molar-refractivity contribution in [1.29, 1.82) is 5.26 Å². The number of hydrogen-bond donors (Lipinski definition) is 1. The highest BCUT2D eigenvalue weighted by Gasteiger charge is 2.09. The molecule has 0 aliphatic heterocycles. The van der Waals surface area contributed by atoms with Crippen molar-refractivity contribution in [2.45, 2.75) is 0 Å². The predicted octanol–water partition coefficient (Wildman–Crippen LogP) is 3.70. The summed E-state index contributed by atoms with van der Waals surface area (Å²) in [7, 11) is 1.52. The molecule has 0 heterocycles. The molecule has 4 nitrogen and oxygen atoms in total. The quantitative estimate of drug-likeness (QED) is 0.876. The third-order valence-electron chi connectivity index (χ3n) is 2.48. The Kier molecular flexibility index (Phi) is 3.93. The highest BCUT2D eigenvalue weighted by Crippen LogP contribution is 2.35. The third kappa shape index (κ3) is 2.98. The molecular formula is C14H11BrN2O2. The summed E-state index contributed by atoms with van der Waals surface area (Å²) in [4.78, 5) is 0. The normalized spacial score (nSPS) is 9.74. The van der Waals surface area contributed by atoms with E-state index in [1.165, 1.54) is 7.11 Å². The zero-order chi connectivity index (χ0) is 13.8. The smallest absolute Gasteiger partial charge is 0.169 e. The van der Waals surface area contributed by atoms with E-state index in [9.17, 15) is 0 Å². The van der Waals surface area contributed by atoms with Gasteiger partial charge in [0.25, 0.3) is 0 Å². The van der Waals surface area contributed by atoms with Crippen molar-refractivity contribution in [3.05, 3.63) is 46.4 Å². The monoisotopic (exact) mass is 318 g/mol. The van der Waals surface area contributed by atoms with E-state index in [1.807, 2.05) is 12.1 Å². The van der Waals surface area contributed by atoms with Gasteiger partial charge in [0, 0.05) is 10.5 Å².